The number of carbonyl (C=O) groups excluding carboxylic acids is 3. The Morgan fingerprint density at radius 1 is 1.05 bits per heavy atom. The fraction of sp³-hybridized carbons (Fsp3) is 0.250. The Hall–Kier alpha value is -4.19. The van der Waals surface area contributed by atoms with Gasteiger partial charge in [0, 0.05) is 44.5 Å². The lowest BCUT2D eigenvalue weighted by Crippen LogP contribution is -2.52. The van der Waals surface area contributed by atoms with E-state index in [1.165, 1.54) is 60.2 Å². The van der Waals surface area contributed by atoms with Gasteiger partial charge >= 0.3 is 6.03 Å². The highest BCUT2D eigenvalue weighted by Crippen LogP contribution is 2.30. The molecule has 0 atom stereocenters. The Morgan fingerprint density at radius 2 is 1.73 bits per heavy atom. The molecule has 10 nitrogen and oxygen atoms in total. The molecule has 0 spiro atoms. The van der Waals surface area contributed by atoms with Crippen molar-refractivity contribution >= 4 is 35.1 Å². The van der Waals surface area contributed by atoms with Gasteiger partial charge in [-0.05, 0) is 30.3 Å². The van der Waals surface area contributed by atoms with Crippen molar-refractivity contribution in [3.05, 3.63) is 64.6 Å². The minimum Gasteiger partial charge on any atom is -0.494 e. The molecule has 4 amide bonds. The monoisotopic (exact) mass is 532 g/mol. The maximum absolute atomic E-state index is 14.5. The number of carbonyl (C=O) groups is 3. The molecule has 1 fully saturated rings. The molecule has 1 aliphatic heterocycles. The Bertz CT molecular complexity index is 1390. The van der Waals surface area contributed by atoms with Crippen molar-refractivity contribution in [3.8, 4) is 17.0 Å². The predicted octanol–water partition coefficient (Wildman–Crippen LogP) is 3.12. The number of piperazine rings is 1. The van der Waals surface area contributed by atoms with Gasteiger partial charge in [0.1, 0.15) is 0 Å². The van der Waals surface area contributed by atoms with E-state index in [9.17, 15) is 23.2 Å². The standard InChI is InChI=1S/C24H23ClF2N6O4/c1-31-17(15-5-6-18(37-2)20(27)19(15)26)12-29-21(31)22(34)30-13-3-4-14(16(25)11-13)23(35)32-7-9-33(10-8-32)24(28)36/h3-6,11-12H,7-10H2,1-2H3,(H2,28,36)(H,30,34). The molecule has 3 N–H and O–H groups in total. The number of nitrogens with two attached hydrogens (primary N) is 1. The van der Waals surface area contributed by atoms with Crippen LogP contribution in [-0.2, 0) is 7.05 Å². The molecular formula is C24H23ClF2N6O4. The third-order valence-electron chi connectivity index (χ3n) is 6.07. The normalized spacial score (nSPS) is 13.4. The Kier molecular flexibility index (Phi) is 7.30. The summed E-state index contributed by atoms with van der Waals surface area (Å²) in [6.07, 6.45) is 1.26. The highest BCUT2D eigenvalue weighted by molar-refractivity contribution is 6.34. The molecule has 0 aliphatic carbocycles. The van der Waals surface area contributed by atoms with Crippen molar-refractivity contribution in [1.29, 1.82) is 0 Å². The van der Waals surface area contributed by atoms with Crippen LogP contribution in [0.2, 0.25) is 5.02 Å². The number of amides is 4. The van der Waals surface area contributed by atoms with E-state index >= 15 is 0 Å². The van der Waals surface area contributed by atoms with Crippen molar-refractivity contribution < 1.29 is 27.9 Å². The fourth-order valence-corrected chi connectivity index (χ4v) is 4.27. The van der Waals surface area contributed by atoms with E-state index < -0.39 is 23.6 Å². The van der Waals surface area contributed by atoms with Gasteiger partial charge in [0.2, 0.25) is 5.82 Å². The number of hydrogen-bond acceptors (Lipinski definition) is 5. The highest BCUT2D eigenvalue weighted by atomic mass is 35.5. The van der Waals surface area contributed by atoms with Gasteiger partial charge in [-0.3, -0.25) is 9.59 Å². The van der Waals surface area contributed by atoms with Crippen molar-refractivity contribution in [2.45, 2.75) is 0 Å². The highest BCUT2D eigenvalue weighted by Gasteiger charge is 2.26. The summed E-state index contributed by atoms with van der Waals surface area (Å²) in [5.74, 6) is -3.51. The van der Waals surface area contributed by atoms with Crippen LogP contribution in [0, 0.1) is 11.6 Å². The maximum atomic E-state index is 14.5. The van der Waals surface area contributed by atoms with Crippen LogP contribution in [0.4, 0.5) is 19.3 Å². The minimum atomic E-state index is -1.15. The number of urea groups is 1. The molecule has 0 bridgehead atoms. The van der Waals surface area contributed by atoms with Gasteiger partial charge in [0.05, 0.1) is 29.6 Å². The summed E-state index contributed by atoms with van der Waals surface area (Å²) < 4.78 is 34.8. The molecule has 2 aromatic carbocycles. The summed E-state index contributed by atoms with van der Waals surface area (Å²) in [4.78, 5) is 44.1. The molecule has 4 rings (SSSR count). The summed E-state index contributed by atoms with van der Waals surface area (Å²) in [5, 5.41) is 2.76. The quantitative estimate of drug-likeness (QED) is 0.523. The second-order valence-corrected chi connectivity index (χ2v) is 8.64. The van der Waals surface area contributed by atoms with Crippen LogP contribution in [0.5, 0.6) is 5.75 Å². The number of hydrogen-bond donors (Lipinski definition) is 2. The zero-order valence-corrected chi connectivity index (χ0v) is 20.7. The van der Waals surface area contributed by atoms with Crippen molar-refractivity contribution in [2.75, 3.05) is 38.6 Å². The average molecular weight is 533 g/mol. The molecule has 2 heterocycles. The Morgan fingerprint density at radius 3 is 2.35 bits per heavy atom. The van der Waals surface area contributed by atoms with Gasteiger partial charge in [0.25, 0.3) is 11.8 Å². The molecule has 0 saturated carbocycles. The van der Waals surface area contributed by atoms with Gasteiger partial charge in [-0.1, -0.05) is 11.6 Å². The van der Waals surface area contributed by atoms with Crippen molar-refractivity contribution in [3.63, 3.8) is 0 Å². The predicted molar refractivity (Wildman–Crippen MR) is 132 cm³/mol. The summed E-state index contributed by atoms with van der Waals surface area (Å²) in [6, 6.07) is 6.50. The average Bonchev–Trinajstić information content (AvgIpc) is 3.26. The number of ether oxygens (including phenoxy) is 1. The summed E-state index contributed by atoms with van der Waals surface area (Å²) in [7, 11) is 2.72. The first-order valence-electron chi connectivity index (χ1n) is 11.1. The van der Waals surface area contributed by atoms with Gasteiger partial charge in [-0.15, -0.1) is 0 Å². The molecular weight excluding hydrogens is 510 g/mol. The third-order valence-corrected chi connectivity index (χ3v) is 6.38. The lowest BCUT2D eigenvalue weighted by atomic mass is 10.1. The number of anilines is 1. The van der Waals surface area contributed by atoms with Crippen LogP contribution < -0.4 is 15.8 Å². The number of benzene rings is 2. The lowest BCUT2D eigenvalue weighted by molar-refractivity contribution is 0.0669. The molecule has 0 radical (unpaired) electrons. The van der Waals surface area contributed by atoms with Crippen LogP contribution in [-0.4, -0.2) is 70.5 Å². The lowest BCUT2D eigenvalue weighted by Gasteiger charge is -2.33. The maximum Gasteiger partial charge on any atom is 0.314 e. The van der Waals surface area contributed by atoms with Gasteiger partial charge in [-0.2, -0.15) is 4.39 Å². The number of halogens is 3. The van der Waals surface area contributed by atoms with Gasteiger partial charge in [0.15, 0.2) is 17.4 Å². The van der Waals surface area contributed by atoms with E-state index in [4.69, 9.17) is 22.1 Å². The molecule has 0 unspecified atom stereocenters. The molecule has 3 aromatic rings. The number of imidazole rings is 1. The molecule has 1 aromatic heterocycles. The van der Waals surface area contributed by atoms with Crippen LogP contribution in [0.3, 0.4) is 0 Å². The van der Waals surface area contributed by atoms with E-state index in [0.29, 0.717) is 31.9 Å². The smallest absolute Gasteiger partial charge is 0.314 e. The van der Waals surface area contributed by atoms with Gasteiger partial charge < -0.3 is 30.2 Å². The number of nitrogens with zero attached hydrogens (tertiary/aromatic N) is 4. The third kappa shape index (κ3) is 5.05. The second kappa shape index (κ2) is 10.4. The number of nitrogens with one attached hydrogen (secondary N) is 1. The number of methoxy groups -OCH3 is 1. The van der Waals surface area contributed by atoms with E-state index in [0.717, 1.165) is 0 Å². The molecule has 1 saturated heterocycles. The van der Waals surface area contributed by atoms with Crippen LogP contribution in [0.1, 0.15) is 21.0 Å². The zero-order chi connectivity index (χ0) is 26.9. The molecule has 194 valence electrons. The molecule has 37 heavy (non-hydrogen) atoms. The van der Waals surface area contributed by atoms with E-state index in [1.807, 2.05) is 0 Å². The first-order valence-corrected chi connectivity index (χ1v) is 11.5. The summed E-state index contributed by atoms with van der Waals surface area (Å²) in [6.45, 7) is 1.28. The SMILES string of the molecule is COc1ccc(-c2cnc(C(=O)Nc3ccc(C(=O)N4CCN(C(N)=O)CC4)c(Cl)c3)n2C)c(F)c1F. The van der Waals surface area contributed by atoms with E-state index in [1.54, 1.807) is 4.90 Å². The molecule has 13 heteroatoms. The summed E-state index contributed by atoms with van der Waals surface area (Å²) in [5.41, 5.74) is 5.91. The second-order valence-electron chi connectivity index (χ2n) is 8.24. The van der Waals surface area contributed by atoms with Crippen LogP contribution in [0.25, 0.3) is 11.3 Å². The summed E-state index contributed by atoms with van der Waals surface area (Å²) >= 11 is 6.33. The zero-order valence-electron chi connectivity index (χ0n) is 19.9. The molecule has 1 aliphatic rings. The van der Waals surface area contributed by atoms with E-state index in [2.05, 4.69) is 10.3 Å². The van der Waals surface area contributed by atoms with E-state index in [-0.39, 0.29) is 39.3 Å². The van der Waals surface area contributed by atoms with Crippen LogP contribution in [0.15, 0.2) is 36.5 Å². The Labute approximate surface area is 215 Å². The minimum absolute atomic E-state index is 0.0609. The van der Waals surface area contributed by atoms with Gasteiger partial charge in [-0.25, -0.2) is 14.2 Å². The fourth-order valence-electron chi connectivity index (χ4n) is 4.01. The number of aromatic nitrogens is 2. The largest absolute Gasteiger partial charge is 0.494 e. The van der Waals surface area contributed by atoms with Crippen LogP contribution >= 0.6 is 11.6 Å². The first kappa shape index (κ1) is 25.9. The van der Waals surface area contributed by atoms with Crippen molar-refractivity contribution in [2.24, 2.45) is 12.8 Å². The van der Waals surface area contributed by atoms with Crippen molar-refractivity contribution in [1.82, 2.24) is 19.4 Å². The Balaban J connectivity index is 1.48. The number of primary amides is 1. The number of rotatable bonds is 5. The first-order chi connectivity index (χ1) is 17.6. The topological polar surface area (TPSA) is 123 Å².